The van der Waals surface area contributed by atoms with Crippen LogP contribution >= 0.6 is 22.6 Å². The first-order valence-electron chi connectivity index (χ1n) is 4.51. The molecule has 0 fully saturated rings. The molecule has 1 heterocycles. The Morgan fingerprint density at radius 1 is 1.43 bits per heavy atom. The fourth-order valence-electron chi connectivity index (χ4n) is 1.31. The number of hydrogen-bond donors (Lipinski definition) is 1. The van der Waals surface area contributed by atoms with E-state index >= 15 is 0 Å². The second-order valence-corrected chi connectivity index (χ2v) is 5.05. The Kier molecular flexibility index (Phi) is 3.12. The summed E-state index contributed by atoms with van der Waals surface area (Å²) in [5.74, 6) is 1.70. The molecule has 76 valence electrons. The van der Waals surface area contributed by atoms with E-state index in [0.29, 0.717) is 10.8 Å². The normalized spacial score (nSPS) is 15.6. The monoisotopic (exact) mass is 305 g/mol. The van der Waals surface area contributed by atoms with E-state index in [4.69, 9.17) is 9.47 Å². The van der Waals surface area contributed by atoms with Crippen LogP contribution in [0.3, 0.4) is 0 Å². The highest BCUT2D eigenvalue weighted by molar-refractivity contribution is 14.1. The molecule has 0 bridgehead atoms. The summed E-state index contributed by atoms with van der Waals surface area (Å²) in [6, 6.07) is 6.03. The number of halogens is 1. The SMILES string of the molecule is CC(I)NCc1ccc2c(c1)OCO2. The smallest absolute Gasteiger partial charge is 0.231 e. The van der Waals surface area contributed by atoms with E-state index in [1.807, 2.05) is 12.1 Å². The van der Waals surface area contributed by atoms with Crippen molar-refractivity contribution in [3.05, 3.63) is 23.8 Å². The summed E-state index contributed by atoms with van der Waals surface area (Å²) in [4.78, 5) is 0. The molecule has 1 N–H and O–H groups in total. The van der Waals surface area contributed by atoms with Crippen LogP contribution in [0.25, 0.3) is 0 Å². The molecule has 0 amide bonds. The summed E-state index contributed by atoms with van der Waals surface area (Å²) in [7, 11) is 0. The molecular weight excluding hydrogens is 293 g/mol. The van der Waals surface area contributed by atoms with Gasteiger partial charge in [0.1, 0.15) is 0 Å². The molecule has 0 saturated heterocycles. The molecule has 1 aromatic rings. The van der Waals surface area contributed by atoms with E-state index in [-0.39, 0.29) is 0 Å². The number of hydrogen-bond acceptors (Lipinski definition) is 3. The Balaban J connectivity index is 2.05. The number of alkyl halides is 1. The molecule has 1 aromatic carbocycles. The van der Waals surface area contributed by atoms with Gasteiger partial charge in [0, 0.05) is 6.54 Å². The molecule has 1 atom stereocenters. The summed E-state index contributed by atoms with van der Waals surface area (Å²) < 4.78 is 11.0. The molecule has 1 unspecified atom stereocenters. The first kappa shape index (κ1) is 10.0. The Labute approximate surface area is 96.9 Å². The van der Waals surface area contributed by atoms with E-state index in [9.17, 15) is 0 Å². The van der Waals surface area contributed by atoms with Crippen LogP contribution in [-0.2, 0) is 6.54 Å². The lowest BCUT2D eigenvalue weighted by Gasteiger charge is -2.07. The van der Waals surface area contributed by atoms with E-state index in [1.165, 1.54) is 5.56 Å². The van der Waals surface area contributed by atoms with Crippen molar-refractivity contribution in [1.82, 2.24) is 5.32 Å². The molecule has 0 saturated carbocycles. The molecule has 0 aliphatic carbocycles. The first-order valence-corrected chi connectivity index (χ1v) is 5.76. The molecule has 1 aliphatic heterocycles. The molecular formula is C10H12INO2. The zero-order valence-electron chi connectivity index (χ0n) is 7.92. The van der Waals surface area contributed by atoms with Gasteiger partial charge in [-0.25, -0.2) is 0 Å². The van der Waals surface area contributed by atoms with Crippen molar-refractivity contribution in [2.75, 3.05) is 6.79 Å². The third-order valence-corrected chi connectivity index (χ3v) is 2.46. The highest BCUT2D eigenvalue weighted by Crippen LogP contribution is 2.32. The van der Waals surface area contributed by atoms with Gasteiger partial charge in [0.2, 0.25) is 6.79 Å². The molecule has 0 spiro atoms. The predicted molar refractivity (Wildman–Crippen MR) is 62.9 cm³/mol. The predicted octanol–water partition coefficient (Wildman–Crippen LogP) is 2.29. The minimum Gasteiger partial charge on any atom is -0.454 e. The van der Waals surface area contributed by atoms with Gasteiger partial charge in [-0.1, -0.05) is 28.7 Å². The lowest BCUT2D eigenvalue weighted by atomic mass is 10.2. The maximum absolute atomic E-state index is 5.29. The Morgan fingerprint density at radius 3 is 3.00 bits per heavy atom. The zero-order valence-corrected chi connectivity index (χ0v) is 10.1. The molecule has 14 heavy (non-hydrogen) atoms. The molecule has 1 aliphatic rings. The van der Waals surface area contributed by atoms with Crippen LogP contribution in [0.1, 0.15) is 12.5 Å². The van der Waals surface area contributed by atoms with Gasteiger partial charge in [-0.15, -0.1) is 0 Å². The van der Waals surface area contributed by atoms with Gasteiger partial charge in [-0.2, -0.15) is 0 Å². The summed E-state index contributed by atoms with van der Waals surface area (Å²) >= 11 is 2.34. The van der Waals surface area contributed by atoms with E-state index in [0.717, 1.165) is 18.0 Å². The molecule has 3 nitrogen and oxygen atoms in total. The molecule has 2 rings (SSSR count). The number of fused-ring (bicyclic) bond motifs is 1. The fraction of sp³-hybridized carbons (Fsp3) is 0.400. The van der Waals surface area contributed by atoms with Gasteiger partial charge in [0.15, 0.2) is 11.5 Å². The van der Waals surface area contributed by atoms with Crippen molar-refractivity contribution in [2.45, 2.75) is 17.5 Å². The van der Waals surface area contributed by atoms with Gasteiger partial charge < -0.3 is 14.8 Å². The summed E-state index contributed by atoms with van der Waals surface area (Å²) in [5.41, 5.74) is 1.22. The van der Waals surface area contributed by atoms with Gasteiger partial charge in [0.05, 0.1) is 4.05 Å². The average Bonchev–Trinajstić information content (AvgIpc) is 2.61. The quantitative estimate of drug-likeness (QED) is 0.528. The second-order valence-electron chi connectivity index (χ2n) is 3.18. The van der Waals surface area contributed by atoms with Crippen molar-refractivity contribution in [2.24, 2.45) is 0 Å². The van der Waals surface area contributed by atoms with E-state index in [1.54, 1.807) is 0 Å². The fourth-order valence-corrected chi connectivity index (χ4v) is 1.53. The minimum atomic E-state index is 0.342. The number of ether oxygens (including phenoxy) is 2. The maximum Gasteiger partial charge on any atom is 0.231 e. The van der Waals surface area contributed by atoms with Crippen LogP contribution in [-0.4, -0.2) is 10.8 Å². The van der Waals surface area contributed by atoms with Crippen LogP contribution < -0.4 is 14.8 Å². The van der Waals surface area contributed by atoms with Crippen LogP contribution in [0.4, 0.5) is 0 Å². The minimum absolute atomic E-state index is 0.342. The number of benzene rings is 1. The Hall–Kier alpha value is -0.490. The third-order valence-electron chi connectivity index (χ3n) is 2.02. The highest BCUT2D eigenvalue weighted by Gasteiger charge is 2.12. The zero-order chi connectivity index (χ0) is 9.97. The maximum atomic E-state index is 5.29. The van der Waals surface area contributed by atoms with Gasteiger partial charge in [0.25, 0.3) is 0 Å². The summed E-state index contributed by atoms with van der Waals surface area (Å²) in [6.45, 7) is 3.32. The molecule has 4 heteroatoms. The van der Waals surface area contributed by atoms with Crippen LogP contribution in [0.15, 0.2) is 18.2 Å². The Bertz CT molecular complexity index is 328. The third kappa shape index (κ3) is 2.30. The first-order chi connectivity index (χ1) is 6.75. The van der Waals surface area contributed by atoms with Crippen LogP contribution in [0, 0.1) is 0 Å². The van der Waals surface area contributed by atoms with Gasteiger partial charge in [-0.3, -0.25) is 0 Å². The largest absolute Gasteiger partial charge is 0.454 e. The van der Waals surface area contributed by atoms with Gasteiger partial charge in [-0.05, 0) is 24.6 Å². The summed E-state index contributed by atoms with van der Waals surface area (Å²) in [5, 5.41) is 3.34. The van der Waals surface area contributed by atoms with Crippen molar-refractivity contribution in [3.8, 4) is 11.5 Å². The average molecular weight is 305 g/mol. The second kappa shape index (κ2) is 4.35. The summed E-state index contributed by atoms with van der Waals surface area (Å²) in [6.07, 6.45) is 0. The highest BCUT2D eigenvalue weighted by atomic mass is 127. The number of nitrogens with one attached hydrogen (secondary N) is 1. The Morgan fingerprint density at radius 2 is 2.21 bits per heavy atom. The van der Waals surface area contributed by atoms with Gasteiger partial charge >= 0.3 is 0 Å². The molecule has 0 aromatic heterocycles. The van der Waals surface area contributed by atoms with Crippen LogP contribution in [0.5, 0.6) is 11.5 Å². The van der Waals surface area contributed by atoms with Crippen molar-refractivity contribution in [3.63, 3.8) is 0 Å². The lowest BCUT2D eigenvalue weighted by Crippen LogP contribution is -2.18. The van der Waals surface area contributed by atoms with Crippen LogP contribution in [0.2, 0.25) is 0 Å². The topological polar surface area (TPSA) is 30.5 Å². The van der Waals surface area contributed by atoms with Crippen molar-refractivity contribution >= 4 is 22.6 Å². The standard InChI is InChI=1S/C10H12INO2/c1-7(11)12-5-8-2-3-9-10(4-8)14-6-13-9/h2-4,7,12H,5-6H2,1H3. The van der Waals surface area contributed by atoms with Crippen molar-refractivity contribution in [1.29, 1.82) is 0 Å². The lowest BCUT2D eigenvalue weighted by molar-refractivity contribution is 0.174. The van der Waals surface area contributed by atoms with E-state index < -0.39 is 0 Å². The molecule has 0 radical (unpaired) electrons. The van der Waals surface area contributed by atoms with Crippen molar-refractivity contribution < 1.29 is 9.47 Å². The van der Waals surface area contributed by atoms with E-state index in [2.05, 4.69) is 40.9 Å². The number of rotatable bonds is 3.